The molecule has 0 radical (unpaired) electrons. The summed E-state index contributed by atoms with van der Waals surface area (Å²) in [4.78, 5) is 17.3. The van der Waals surface area contributed by atoms with Crippen LogP contribution in [0.5, 0.6) is 0 Å². The molecule has 4 rings (SSSR count). The molecular formula is C23H24F3N3O4S. The van der Waals surface area contributed by atoms with Crippen molar-refractivity contribution in [3.8, 4) is 0 Å². The van der Waals surface area contributed by atoms with Crippen LogP contribution in [0.25, 0.3) is 11.0 Å². The van der Waals surface area contributed by atoms with E-state index in [2.05, 4.69) is 10.3 Å². The van der Waals surface area contributed by atoms with E-state index in [-0.39, 0.29) is 35.5 Å². The second-order valence-electron chi connectivity index (χ2n) is 8.62. The Bertz CT molecular complexity index is 1410. The molecule has 0 saturated carbocycles. The van der Waals surface area contributed by atoms with E-state index in [0.29, 0.717) is 16.7 Å². The average molecular weight is 496 g/mol. The molecule has 0 spiro atoms. The molecule has 2 aromatic heterocycles. The van der Waals surface area contributed by atoms with Crippen LogP contribution in [0.1, 0.15) is 48.9 Å². The van der Waals surface area contributed by atoms with Gasteiger partial charge < -0.3 is 10.4 Å². The smallest absolute Gasteiger partial charge is 0.266 e. The van der Waals surface area contributed by atoms with Crippen LogP contribution in [0.2, 0.25) is 0 Å². The van der Waals surface area contributed by atoms with Crippen LogP contribution in [0.4, 0.5) is 18.9 Å². The van der Waals surface area contributed by atoms with Crippen molar-refractivity contribution < 1.29 is 26.7 Å². The average Bonchev–Trinajstić information content (AvgIpc) is 2.78. The Balaban J connectivity index is 1.78. The minimum Gasteiger partial charge on any atom is -0.385 e. The first-order chi connectivity index (χ1) is 15.9. The maximum atomic E-state index is 14.7. The topological polar surface area (TPSA) is 101 Å². The van der Waals surface area contributed by atoms with Gasteiger partial charge in [-0.05, 0) is 31.9 Å². The molecule has 1 atom stereocenters. The highest BCUT2D eigenvalue weighted by atomic mass is 32.2. The van der Waals surface area contributed by atoms with E-state index in [0.717, 1.165) is 6.07 Å². The third-order valence-corrected chi connectivity index (χ3v) is 8.05. The predicted molar refractivity (Wildman–Crippen MR) is 122 cm³/mol. The lowest BCUT2D eigenvalue weighted by molar-refractivity contribution is 0.0248. The molecule has 0 amide bonds. The predicted octanol–water partition coefficient (Wildman–Crippen LogP) is 3.58. The van der Waals surface area contributed by atoms with Crippen LogP contribution < -0.4 is 10.9 Å². The lowest BCUT2D eigenvalue weighted by atomic mass is 9.88. The molecule has 11 heteroatoms. The molecule has 3 heterocycles. The largest absolute Gasteiger partial charge is 0.385 e. The van der Waals surface area contributed by atoms with Gasteiger partial charge in [-0.25, -0.2) is 26.6 Å². The molecule has 182 valence electrons. The van der Waals surface area contributed by atoms with Crippen molar-refractivity contribution in [2.75, 3.05) is 16.8 Å². The highest BCUT2D eigenvalue weighted by molar-refractivity contribution is 7.91. The number of halogens is 3. The van der Waals surface area contributed by atoms with Gasteiger partial charge in [0.1, 0.15) is 11.5 Å². The van der Waals surface area contributed by atoms with Gasteiger partial charge in [-0.1, -0.05) is 18.2 Å². The van der Waals surface area contributed by atoms with Crippen LogP contribution in [0.3, 0.4) is 0 Å². The van der Waals surface area contributed by atoms with Crippen LogP contribution >= 0.6 is 0 Å². The number of sulfone groups is 1. The highest BCUT2D eigenvalue weighted by Crippen LogP contribution is 2.35. The minimum atomic E-state index is -3.28. The Morgan fingerprint density at radius 3 is 2.47 bits per heavy atom. The second-order valence-corrected chi connectivity index (χ2v) is 10.9. The number of anilines is 1. The van der Waals surface area contributed by atoms with Gasteiger partial charge >= 0.3 is 0 Å². The number of benzene rings is 1. The van der Waals surface area contributed by atoms with Gasteiger partial charge in [0, 0.05) is 35.4 Å². The molecule has 1 aromatic carbocycles. The number of fused-ring (bicyclic) bond motifs is 1. The van der Waals surface area contributed by atoms with E-state index in [1.54, 1.807) is 13.0 Å². The second kappa shape index (κ2) is 8.70. The van der Waals surface area contributed by atoms with Crippen molar-refractivity contribution in [2.24, 2.45) is 7.05 Å². The molecule has 34 heavy (non-hydrogen) atoms. The van der Waals surface area contributed by atoms with Crippen LogP contribution in [0, 0.1) is 5.82 Å². The molecule has 0 unspecified atom stereocenters. The summed E-state index contributed by atoms with van der Waals surface area (Å²) in [6, 6.07) is 6.16. The molecule has 1 aliphatic heterocycles. The SMILES string of the molecule is C[C@@H](Nc1ccnc2c1cc(C1(O)CCS(=O)(=O)CC1)c(=O)n2C)c1cccc(C(F)F)c1F. The molecule has 1 saturated heterocycles. The summed E-state index contributed by atoms with van der Waals surface area (Å²) in [5.41, 5.74) is -1.98. The fourth-order valence-corrected chi connectivity index (χ4v) is 5.84. The lowest BCUT2D eigenvalue weighted by Gasteiger charge is -2.32. The first-order valence-electron chi connectivity index (χ1n) is 10.7. The third-order valence-electron chi connectivity index (χ3n) is 6.40. The number of alkyl halides is 2. The molecule has 3 aromatic rings. The number of hydrogen-bond donors (Lipinski definition) is 2. The number of rotatable bonds is 5. The van der Waals surface area contributed by atoms with E-state index in [1.165, 1.54) is 36.0 Å². The number of nitrogens with zero attached hydrogens (tertiary/aromatic N) is 2. The van der Waals surface area contributed by atoms with E-state index < -0.39 is 44.8 Å². The molecular weight excluding hydrogens is 471 g/mol. The van der Waals surface area contributed by atoms with Gasteiger partial charge in [0.15, 0.2) is 9.84 Å². The summed E-state index contributed by atoms with van der Waals surface area (Å²) >= 11 is 0. The summed E-state index contributed by atoms with van der Waals surface area (Å²) in [7, 11) is -1.79. The zero-order valence-corrected chi connectivity index (χ0v) is 19.4. The minimum absolute atomic E-state index is 0.0453. The third kappa shape index (κ3) is 4.29. The molecule has 1 aliphatic rings. The van der Waals surface area contributed by atoms with Crippen molar-refractivity contribution in [2.45, 2.75) is 37.8 Å². The standard InChI is InChI=1S/C23H24F3N3O4S/c1-13(14-4-3-5-15(19(14)24)20(25)26)28-18-6-9-27-21-16(18)12-17(22(30)29(21)2)23(31)7-10-34(32,33)11-8-23/h3-6,9,12-13,20,31H,7-8,10-11H2,1-2H3,(H,27,28)/t13-/m1/s1. The Labute approximate surface area is 194 Å². The highest BCUT2D eigenvalue weighted by Gasteiger charge is 2.39. The molecule has 0 bridgehead atoms. The van der Waals surface area contributed by atoms with E-state index in [1.807, 2.05) is 0 Å². The zero-order chi connectivity index (χ0) is 24.8. The number of aliphatic hydroxyl groups is 1. The number of aromatic nitrogens is 2. The van der Waals surface area contributed by atoms with Crippen molar-refractivity contribution in [1.29, 1.82) is 0 Å². The van der Waals surface area contributed by atoms with Gasteiger partial charge in [-0.15, -0.1) is 0 Å². The van der Waals surface area contributed by atoms with Gasteiger partial charge in [-0.3, -0.25) is 9.36 Å². The Morgan fingerprint density at radius 2 is 1.82 bits per heavy atom. The molecule has 1 fully saturated rings. The molecule has 2 N–H and O–H groups in total. The number of pyridine rings is 2. The lowest BCUT2D eigenvalue weighted by Crippen LogP contribution is -2.42. The Hall–Kier alpha value is -2.92. The van der Waals surface area contributed by atoms with Crippen molar-refractivity contribution >= 4 is 26.6 Å². The first-order valence-corrected chi connectivity index (χ1v) is 12.5. The monoisotopic (exact) mass is 495 g/mol. The normalized spacial score (nSPS) is 18.2. The van der Waals surface area contributed by atoms with E-state index >= 15 is 0 Å². The van der Waals surface area contributed by atoms with Crippen LogP contribution in [0.15, 0.2) is 41.3 Å². The van der Waals surface area contributed by atoms with Gasteiger partial charge in [-0.2, -0.15) is 0 Å². The van der Waals surface area contributed by atoms with E-state index in [4.69, 9.17) is 0 Å². The maximum absolute atomic E-state index is 14.7. The number of hydrogen-bond acceptors (Lipinski definition) is 6. The quantitative estimate of drug-likeness (QED) is 0.561. The summed E-state index contributed by atoms with van der Waals surface area (Å²) in [6.45, 7) is 1.61. The van der Waals surface area contributed by atoms with Crippen LogP contribution in [-0.2, 0) is 22.5 Å². The zero-order valence-electron chi connectivity index (χ0n) is 18.6. The van der Waals surface area contributed by atoms with Gasteiger partial charge in [0.05, 0.1) is 28.7 Å². The van der Waals surface area contributed by atoms with Crippen molar-refractivity contribution in [3.63, 3.8) is 0 Å². The summed E-state index contributed by atoms with van der Waals surface area (Å²) in [5.74, 6) is -1.47. The van der Waals surface area contributed by atoms with Crippen molar-refractivity contribution in [1.82, 2.24) is 9.55 Å². The maximum Gasteiger partial charge on any atom is 0.266 e. The number of aryl methyl sites for hydroxylation is 1. The summed E-state index contributed by atoms with van der Waals surface area (Å²) in [6.07, 6.45) is -1.72. The number of nitrogens with one attached hydrogen (secondary N) is 1. The molecule has 7 nitrogen and oxygen atoms in total. The summed E-state index contributed by atoms with van der Waals surface area (Å²) in [5, 5.41) is 14.7. The molecule has 0 aliphatic carbocycles. The fraction of sp³-hybridized carbons (Fsp3) is 0.391. The van der Waals surface area contributed by atoms with Crippen molar-refractivity contribution in [3.05, 3.63) is 69.4 Å². The Kier molecular flexibility index (Phi) is 6.19. The first kappa shape index (κ1) is 24.2. The summed E-state index contributed by atoms with van der Waals surface area (Å²) < 4.78 is 65.9. The Morgan fingerprint density at radius 1 is 1.18 bits per heavy atom. The van der Waals surface area contributed by atoms with Gasteiger partial charge in [0.25, 0.3) is 12.0 Å². The van der Waals surface area contributed by atoms with Gasteiger partial charge in [0.2, 0.25) is 0 Å². The fourth-order valence-electron chi connectivity index (χ4n) is 4.34. The van der Waals surface area contributed by atoms with E-state index in [9.17, 15) is 31.5 Å². The van der Waals surface area contributed by atoms with Crippen LogP contribution in [-0.4, -0.2) is 34.6 Å².